The Hall–Kier alpha value is -3.29. The minimum absolute atomic E-state index is 0.248. The van der Waals surface area contributed by atoms with Crippen LogP contribution in [0, 0.1) is 6.92 Å². The number of anilines is 1. The Bertz CT molecular complexity index is 1090. The third-order valence-corrected chi connectivity index (χ3v) is 5.30. The zero-order chi connectivity index (χ0) is 21.5. The van der Waals surface area contributed by atoms with Crippen molar-refractivity contribution in [2.24, 2.45) is 0 Å². The molecule has 2 aromatic carbocycles. The molecule has 0 N–H and O–H groups in total. The van der Waals surface area contributed by atoms with E-state index in [0.29, 0.717) is 23.6 Å². The topological polar surface area (TPSA) is 47.4 Å². The summed E-state index contributed by atoms with van der Waals surface area (Å²) in [5.74, 6) is 0.361. The molecule has 1 aromatic heterocycles. The highest BCUT2D eigenvalue weighted by Gasteiger charge is 2.32. The van der Waals surface area contributed by atoms with Crippen molar-refractivity contribution in [3.63, 3.8) is 0 Å². The van der Waals surface area contributed by atoms with Crippen LogP contribution in [0.5, 0.6) is 5.75 Å². The van der Waals surface area contributed by atoms with Crippen LogP contribution < -0.4 is 9.64 Å². The molecule has 0 aliphatic carbocycles. The van der Waals surface area contributed by atoms with Gasteiger partial charge in [0.25, 0.3) is 5.91 Å². The van der Waals surface area contributed by atoms with Crippen LogP contribution in [0.25, 0.3) is 5.69 Å². The van der Waals surface area contributed by atoms with E-state index in [1.807, 2.05) is 18.2 Å². The molecule has 156 valence electrons. The second-order valence-corrected chi connectivity index (χ2v) is 7.13. The Morgan fingerprint density at radius 3 is 2.67 bits per heavy atom. The van der Waals surface area contributed by atoms with E-state index in [1.54, 1.807) is 18.9 Å². The number of ether oxygens (including phenoxy) is 1. The maximum Gasteiger partial charge on any atom is 0.416 e. The van der Waals surface area contributed by atoms with E-state index in [2.05, 4.69) is 5.10 Å². The van der Waals surface area contributed by atoms with Crippen molar-refractivity contribution in [2.75, 3.05) is 18.6 Å². The zero-order valence-corrected chi connectivity index (χ0v) is 16.5. The zero-order valence-electron chi connectivity index (χ0n) is 16.5. The maximum absolute atomic E-state index is 13.4. The summed E-state index contributed by atoms with van der Waals surface area (Å²) < 4.78 is 46.0. The predicted molar refractivity (Wildman–Crippen MR) is 106 cm³/mol. The average molecular weight is 415 g/mol. The molecule has 0 saturated heterocycles. The van der Waals surface area contributed by atoms with Gasteiger partial charge in [0, 0.05) is 6.54 Å². The highest BCUT2D eigenvalue weighted by atomic mass is 19.4. The number of methoxy groups -OCH3 is 1. The van der Waals surface area contributed by atoms with Crippen LogP contribution in [0.3, 0.4) is 0 Å². The molecule has 1 aliphatic heterocycles. The number of rotatable bonds is 3. The fourth-order valence-electron chi connectivity index (χ4n) is 3.82. The lowest BCUT2D eigenvalue weighted by Crippen LogP contribution is -2.36. The molecule has 4 rings (SSSR count). The van der Waals surface area contributed by atoms with Gasteiger partial charge in [-0.25, -0.2) is 4.68 Å². The van der Waals surface area contributed by atoms with Crippen LogP contribution in [-0.2, 0) is 12.6 Å². The minimum Gasteiger partial charge on any atom is -0.495 e. The first-order valence-corrected chi connectivity index (χ1v) is 9.51. The number of hydrogen-bond donors (Lipinski definition) is 0. The third-order valence-electron chi connectivity index (χ3n) is 5.30. The number of carbonyl (C=O) groups excluding carboxylic acids is 1. The molecule has 1 aliphatic rings. The van der Waals surface area contributed by atoms with Crippen LogP contribution in [0.2, 0.25) is 0 Å². The number of hydrogen-bond acceptors (Lipinski definition) is 3. The number of aryl methyl sites for hydroxylation is 1. The molecule has 3 aromatic rings. The maximum atomic E-state index is 13.4. The van der Waals surface area contributed by atoms with E-state index in [-0.39, 0.29) is 11.6 Å². The number of nitrogens with zero attached hydrogens (tertiary/aromatic N) is 3. The number of halogens is 3. The van der Waals surface area contributed by atoms with Crippen molar-refractivity contribution >= 4 is 11.6 Å². The van der Waals surface area contributed by atoms with Crippen LogP contribution in [0.1, 0.15) is 33.6 Å². The molecule has 0 bridgehead atoms. The lowest BCUT2D eigenvalue weighted by Gasteiger charge is -2.30. The summed E-state index contributed by atoms with van der Waals surface area (Å²) in [5, 5.41) is 4.19. The van der Waals surface area contributed by atoms with Crippen molar-refractivity contribution < 1.29 is 22.7 Å². The second-order valence-electron chi connectivity index (χ2n) is 7.13. The van der Waals surface area contributed by atoms with Crippen LogP contribution in [0.15, 0.2) is 48.7 Å². The van der Waals surface area contributed by atoms with Gasteiger partial charge in [-0.15, -0.1) is 0 Å². The summed E-state index contributed by atoms with van der Waals surface area (Å²) in [6.45, 7) is 2.20. The number of aromatic nitrogens is 2. The largest absolute Gasteiger partial charge is 0.495 e. The standard InChI is InChI=1S/C22H20F3N3O2/c1-14-18(13-26-28(14)17-9-4-8-16(12-17)22(23,24)25)21(29)27-11-5-7-15-6-3-10-19(30-2)20(15)27/h3-4,6,8-10,12-13H,5,7,11H2,1-2H3. The monoisotopic (exact) mass is 415 g/mol. The van der Waals surface area contributed by atoms with E-state index in [1.165, 1.54) is 23.0 Å². The van der Waals surface area contributed by atoms with E-state index in [4.69, 9.17) is 4.74 Å². The first kappa shape index (κ1) is 20.0. The van der Waals surface area contributed by atoms with Crippen LogP contribution in [0.4, 0.5) is 18.9 Å². The van der Waals surface area contributed by atoms with E-state index < -0.39 is 11.7 Å². The first-order chi connectivity index (χ1) is 14.3. The average Bonchev–Trinajstić information content (AvgIpc) is 3.13. The van der Waals surface area contributed by atoms with Gasteiger partial charge in [-0.1, -0.05) is 18.2 Å². The number of para-hydroxylation sites is 1. The fraction of sp³-hybridized carbons (Fsp3) is 0.273. The molecular weight excluding hydrogens is 395 g/mol. The van der Waals surface area contributed by atoms with Gasteiger partial charge < -0.3 is 9.64 Å². The normalized spacial score (nSPS) is 13.8. The third kappa shape index (κ3) is 3.42. The molecule has 0 atom stereocenters. The number of benzene rings is 2. The van der Waals surface area contributed by atoms with Gasteiger partial charge in [0.2, 0.25) is 0 Å². The molecule has 30 heavy (non-hydrogen) atoms. The van der Waals surface area contributed by atoms with Crippen LogP contribution >= 0.6 is 0 Å². The van der Waals surface area contributed by atoms with Gasteiger partial charge in [-0.3, -0.25) is 4.79 Å². The molecule has 0 saturated carbocycles. The summed E-state index contributed by atoms with van der Waals surface area (Å²) >= 11 is 0. The van der Waals surface area contributed by atoms with Crippen molar-refractivity contribution in [3.05, 3.63) is 71.0 Å². The number of fused-ring (bicyclic) bond motifs is 1. The quantitative estimate of drug-likeness (QED) is 0.617. The second kappa shape index (κ2) is 7.51. The van der Waals surface area contributed by atoms with Gasteiger partial charge in [-0.2, -0.15) is 18.3 Å². The Morgan fingerprint density at radius 2 is 1.93 bits per heavy atom. The Balaban J connectivity index is 1.72. The molecule has 0 unspecified atom stereocenters. The summed E-state index contributed by atoms with van der Waals surface area (Å²) in [7, 11) is 1.56. The molecule has 5 nitrogen and oxygen atoms in total. The molecule has 2 heterocycles. The molecule has 8 heteroatoms. The predicted octanol–water partition coefficient (Wildman–Crippen LogP) is 4.80. The van der Waals surface area contributed by atoms with Gasteiger partial charge in [0.1, 0.15) is 5.75 Å². The first-order valence-electron chi connectivity index (χ1n) is 9.51. The summed E-state index contributed by atoms with van der Waals surface area (Å²) in [6, 6.07) is 10.6. The summed E-state index contributed by atoms with van der Waals surface area (Å²) in [5.41, 5.74) is 2.06. The van der Waals surface area contributed by atoms with E-state index >= 15 is 0 Å². The van der Waals surface area contributed by atoms with Gasteiger partial charge >= 0.3 is 6.18 Å². The van der Waals surface area contributed by atoms with Gasteiger partial charge in [0.05, 0.1) is 41.5 Å². The van der Waals surface area contributed by atoms with E-state index in [0.717, 1.165) is 36.2 Å². The number of carbonyl (C=O) groups is 1. The summed E-state index contributed by atoms with van der Waals surface area (Å²) in [6.07, 6.45) is -1.39. The molecule has 0 spiro atoms. The van der Waals surface area contributed by atoms with Gasteiger partial charge in [-0.05, 0) is 49.6 Å². The van der Waals surface area contributed by atoms with Gasteiger partial charge in [0.15, 0.2) is 0 Å². The molecule has 0 fully saturated rings. The van der Waals surface area contributed by atoms with Crippen LogP contribution in [-0.4, -0.2) is 29.3 Å². The highest BCUT2D eigenvalue weighted by molar-refractivity contribution is 6.08. The lowest BCUT2D eigenvalue weighted by molar-refractivity contribution is -0.137. The smallest absolute Gasteiger partial charge is 0.416 e. The lowest BCUT2D eigenvalue weighted by atomic mass is 10.00. The Kier molecular flexibility index (Phi) is 5.01. The number of amides is 1. The fourth-order valence-corrected chi connectivity index (χ4v) is 3.82. The molecule has 1 amide bonds. The Labute approximate surface area is 171 Å². The van der Waals surface area contributed by atoms with Crippen molar-refractivity contribution in [1.29, 1.82) is 0 Å². The van der Waals surface area contributed by atoms with E-state index in [9.17, 15) is 18.0 Å². The van der Waals surface area contributed by atoms with Crippen molar-refractivity contribution in [2.45, 2.75) is 25.9 Å². The SMILES string of the molecule is COc1cccc2c1N(C(=O)c1cnn(-c3cccc(C(F)(F)F)c3)c1C)CCC2. The minimum atomic E-state index is -4.45. The molecule has 0 radical (unpaired) electrons. The summed E-state index contributed by atoms with van der Waals surface area (Å²) in [4.78, 5) is 15.0. The van der Waals surface area contributed by atoms with Crippen molar-refractivity contribution in [1.82, 2.24) is 9.78 Å². The van der Waals surface area contributed by atoms with Crippen molar-refractivity contribution in [3.8, 4) is 11.4 Å². The highest BCUT2D eigenvalue weighted by Crippen LogP contribution is 2.37. The Morgan fingerprint density at radius 1 is 1.17 bits per heavy atom. The number of alkyl halides is 3. The molecular formula is C22H20F3N3O2.